The van der Waals surface area contributed by atoms with Gasteiger partial charge in [0.25, 0.3) is 5.24 Å². The van der Waals surface area contributed by atoms with Crippen LogP contribution in [0.25, 0.3) is 0 Å². The fourth-order valence-corrected chi connectivity index (χ4v) is 1.34. The van der Waals surface area contributed by atoms with Crippen LogP contribution in [0.4, 0.5) is 0 Å². The summed E-state index contributed by atoms with van der Waals surface area (Å²) in [5.74, 6) is 0. The van der Waals surface area contributed by atoms with Gasteiger partial charge in [-0.15, -0.1) is 0 Å². The average molecular weight is 208 g/mol. The molecule has 0 bridgehead atoms. The molecule has 1 aromatic carbocycles. The Bertz CT molecular complexity index is 446. The lowest BCUT2D eigenvalue weighted by Gasteiger charge is -2.03. The van der Waals surface area contributed by atoms with E-state index in [9.17, 15) is 9.59 Å². The first-order valence-electron chi connectivity index (χ1n) is 3.80. The molecule has 14 heavy (non-hydrogen) atoms. The van der Waals surface area contributed by atoms with E-state index >= 15 is 0 Å². The molecule has 0 saturated carbocycles. The Balaban J connectivity index is 3.58. The van der Waals surface area contributed by atoms with Crippen molar-refractivity contribution in [3.05, 3.63) is 34.4 Å². The van der Waals surface area contributed by atoms with Crippen LogP contribution in [0.2, 0.25) is 0 Å². The molecule has 0 amide bonds. The van der Waals surface area contributed by atoms with Gasteiger partial charge in [0.2, 0.25) is 0 Å². The van der Waals surface area contributed by atoms with Crippen LogP contribution >= 0.6 is 11.6 Å². The first-order chi connectivity index (χ1) is 6.61. The van der Waals surface area contributed by atoms with Crippen LogP contribution in [-0.4, -0.2) is 11.5 Å². The molecule has 70 valence electrons. The summed E-state index contributed by atoms with van der Waals surface area (Å²) in [5.41, 5.74) is 0.985. The second-order valence-corrected chi connectivity index (χ2v) is 3.07. The normalized spacial score (nSPS) is 9.21. The third kappa shape index (κ3) is 1.66. The Kier molecular flexibility index (Phi) is 3.00. The van der Waals surface area contributed by atoms with Crippen molar-refractivity contribution < 1.29 is 9.59 Å². The molecule has 0 radical (unpaired) electrons. The first-order valence-corrected chi connectivity index (χ1v) is 4.18. The van der Waals surface area contributed by atoms with Gasteiger partial charge in [0, 0.05) is 11.1 Å². The maximum atomic E-state index is 10.9. The molecule has 0 atom stereocenters. The van der Waals surface area contributed by atoms with Crippen LogP contribution in [0.15, 0.2) is 12.1 Å². The number of aldehydes is 1. The number of nitriles is 1. The van der Waals surface area contributed by atoms with Gasteiger partial charge in [-0.1, -0.05) is 6.07 Å². The van der Waals surface area contributed by atoms with E-state index in [4.69, 9.17) is 16.9 Å². The van der Waals surface area contributed by atoms with Gasteiger partial charge in [0.1, 0.15) is 6.07 Å². The molecule has 0 aliphatic heterocycles. The molecule has 4 heteroatoms. The third-order valence-electron chi connectivity index (χ3n) is 1.90. The molecule has 0 saturated heterocycles. The highest BCUT2D eigenvalue weighted by Crippen LogP contribution is 2.18. The van der Waals surface area contributed by atoms with Crippen LogP contribution in [0.3, 0.4) is 0 Å². The van der Waals surface area contributed by atoms with Gasteiger partial charge >= 0.3 is 0 Å². The van der Waals surface area contributed by atoms with Gasteiger partial charge in [0.05, 0.1) is 5.56 Å². The summed E-state index contributed by atoms with van der Waals surface area (Å²) in [6.45, 7) is 1.69. The fraction of sp³-hybridized carbons (Fsp3) is 0.100. The number of carbonyl (C=O) groups excluding carboxylic acids is 2. The SMILES string of the molecule is Cc1ccc(C(=O)Cl)c(C=O)c1C#N. The minimum absolute atomic E-state index is 0.0625. The van der Waals surface area contributed by atoms with E-state index in [2.05, 4.69) is 0 Å². The van der Waals surface area contributed by atoms with E-state index in [-0.39, 0.29) is 16.7 Å². The number of hydrogen-bond donors (Lipinski definition) is 0. The summed E-state index contributed by atoms with van der Waals surface area (Å²) < 4.78 is 0. The largest absolute Gasteiger partial charge is 0.298 e. The van der Waals surface area contributed by atoms with Gasteiger partial charge in [-0.25, -0.2) is 0 Å². The summed E-state index contributed by atoms with van der Waals surface area (Å²) in [7, 11) is 0. The van der Waals surface area contributed by atoms with Gasteiger partial charge in [-0.3, -0.25) is 9.59 Å². The maximum absolute atomic E-state index is 10.9. The number of aryl methyl sites for hydroxylation is 1. The topological polar surface area (TPSA) is 57.9 Å². The van der Waals surface area contributed by atoms with Crippen molar-refractivity contribution in [3.8, 4) is 6.07 Å². The van der Waals surface area contributed by atoms with Crippen LogP contribution in [-0.2, 0) is 0 Å². The van der Waals surface area contributed by atoms with Gasteiger partial charge in [0.15, 0.2) is 6.29 Å². The molecule has 1 aromatic rings. The summed E-state index contributed by atoms with van der Waals surface area (Å²) >= 11 is 5.26. The highest BCUT2D eigenvalue weighted by molar-refractivity contribution is 6.68. The van der Waals surface area contributed by atoms with E-state index in [1.54, 1.807) is 13.0 Å². The van der Waals surface area contributed by atoms with E-state index in [1.165, 1.54) is 6.07 Å². The minimum Gasteiger partial charge on any atom is -0.298 e. The molecule has 0 spiro atoms. The summed E-state index contributed by atoms with van der Waals surface area (Å²) in [4.78, 5) is 21.6. The smallest absolute Gasteiger partial charge is 0.253 e. The summed E-state index contributed by atoms with van der Waals surface area (Å²) in [5, 5.41) is 8.04. The zero-order valence-electron chi connectivity index (χ0n) is 7.37. The van der Waals surface area contributed by atoms with E-state index < -0.39 is 5.24 Å². The molecule has 0 N–H and O–H groups in total. The van der Waals surface area contributed by atoms with E-state index in [1.807, 2.05) is 6.07 Å². The van der Waals surface area contributed by atoms with Gasteiger partial charge in [-0.2, -0.15) is 5.26 Å². The van der Waals surface area contributed by atoms with Crippen molar-refractivity contribution in [2.45, 2.75) is 6.92 Å². The number of rotatable bonds is 2. The summed E-state index contributed by atoms with van der Waals surface area (Å²) in [6, 6.07) is 4.89. The number of hydrogen-bond acceptors (Lipinski definition) is 3. The quantitative estimate of drug-likeness (QED) is 0.551. The molecule has 1 rings (SSSR count). The zero-order valence-corrected chi connectivity index (χ0v) is 8.13. The van der Waals surface area contributed by atoms with Gasteiger partial charge in [-0.05, 0) is 30.2 Å². The first kappa shape index (κ1) is 10.4. The number of benzene rings is 1. The molecular weight excluding hydrogens is 202 g/mol. The van der Waals surface area contributed by atoms with Crippen molar-refractivity contribution >= 4 is 23.1 Å². The lowest BCUT2D eigenvalue weighted by molar-refractivity contribution is 0.106. The molecule has 0 heterocycles. The van der Waals surface area contributed by atoms with Crippen LogP contribution in [0.5, 0.6) is 0 Å². The lowest BCUT2D eigenvalue weighted by Crippen LogP contribution is -2.01. The summed E-state index contributed by atoms with van der Waals surface area (Å²) in [6.07, 6.45) is 0.473. The molecule has 0 fully saturated rings. The Morgan fingerprint density at radius 3 is 2.64 bits per heavy atom. The number of carbonyl (C=O) groups is 2. The molecule has 0 aliphatic rings. The Hall–Kier alpha value is -1.66. The highest BCUT2D eigenvalue weighted by atomic mass is 35.5. The van der Waals surface area contributed by atoms with E-state index in [0.717, 1.165) is 0 Å². The second-order valence-electron chi connectivity index (χ2n) is 2.72. The van der Waals surface area contributed by atoms with Crippen LogP contribution < -0.4 is 0 Å². The zero-order chi connectivity index (χ0) is 10.7. The molecule has 0 unspecified atom stereocenters. The number of halogens is 1. The average Bonchev–Trinajstić information content (AvgIpc) is 2.16. The van der Waals surface area contributed by atoms with Crippen molar-refractivity contribution in [3.63, 3.8) is 0 Å². The Morgan fingerprint density at radius 1 is 1.57 bits per heavy atom. The van der Waals surface area contributed by atoms with Crippen LogP contribution in [0, 0.1) is 18.3 Å². The van der Waals surface area contributed by atoms with Crippen molar-refractivity contribution in [1.29, 1.82) is 5.26 Å². The van der Waals surface area contributed by atoms with Crippen molar-refractivity contribution in [1.82, 2.24) is 0 Å². The fourth-order valence-electron chi connectivity index (χ4n) is 1.17. The van der Waals surface area contributed by atoms with E-state index in [0.29, 0.717) is 11.8 Å². The number of nitrogens with zero attached hydrogens (tertiary/aromatic N) is 1. The minimum atomic E-state index is -0.733. The lowest BCUT2D eigenvalue weighted by atomic mass is 9.99. The standard InChI is InChI=1S/C10H6ClNO2/c1-6-2-3-7(10(11)14)9(5-13)8(6)4-12/h2-3,5H,1H3. The van der Waals surface area contributed by atoms with Crippen molar-refractivity contribution in [2.75, 3.05) is 0 Å². The third-order valence-corrected chi connectivity index (χ3v) is 2.10. The maximum Gasteiger partial charge on any atom is 0.253 e. The monoisotopic (exact) mass is 207 g/mol. The van der Waals surface area contributed by atoms with Crippen LogP contribution in [0.1, 0.15) is 31.8 Å². The Labute approximate surface area is 85.9 Å². The Morgan fingerprint density at radius 2 is 2.21 bits per heavy atom. The molecule has 3 nitrogen and oxygen atoms in total. The highest BCUT2D eigenvalue weighted by Gasteiger charge is 2.14. The molecule has 0 aliphatic carbocycles. The van der Waals surface area contributed by atoms with Gasteiger partial charge < -0.3 is 0 Å². The second kappa shape index (κ2) is 4.03. The predicted octanol–water partition coefficient (Wildman–Crippen LogP) is 2.06. The molecular formula is C10H6ClNO2. The predicted molar refractivity (Wildman–Crippen MR) is 51.5 cm³/mol. The van der Waals surface area contributed by atoms with Crippen molar-refractivity contribution in [2.24, 2.45) is 0 Å². The molecule has 0 aromatic heterocycles.